The third-order valence-electron chi connectivity index (χ3n) is 4.79. The predicted molar refractivity (Wildman–Crippen MR) is 125 cm³/mol. The van der Waals surface area contributed by atoms with Crippen molar-refractivity contribution < 1.29 is 9.18 Å². The van der Waals surface area contributed by atoms with Crippen molar-refractivity contribution in [2.24, 2.45) is 0 Å². The van der Waals surface area contributed by atoms with Crippen molar-refractivity contribution in [1.82, 2.24) is 20.1 Å². The van der Waals surface area contributed by atoms with E-state index in [1.54, 1.807) is 36.4 Å². The Labute approximate surface area is 194 Å². The van der Waals surface area contributed by atoms with Crippen LogP contribution >= 0.6 is 23.4 Å². The van der Waals surface area contributed by atoms with E-state index in [4.69, 9.17) is 11.6 Å². The van der Waals surface area contributed by atoms with E-state index in [1.807, 2.05) is 35.8 Å². The number of nitrogens with zero attached hydrogens (tertiary/aromatic N) is 3. The van der Waals surface area contributed by atoms with Gasteiger partial charge in [-0.15, -0.1) is 10.2 Å². The molecular formula is C24H20ClFN4OS. The quantitative estimate of drug-likeness (QED) is 0.361. The lowest BCUT2D eigenvalue weighted by molar-refractivity contribution is 0.0949. The van der Waals surface area contributed by atoms with Gasteiger partial charge in [-0.25, -0.2) is 4.39 Å². The fourth-order valence-corrected chi connectivity index (χ4v) is 4.11. The van der Waals surface area contributed by atoms with Crippen LogP contribution in [-0.2, 0) is 12.3 Å². The normalized spacial score (nSPS) is 10.8. The van der Waals surface area contributed by atoms with E-state index in [1.165, 1.54) is 23.9 Å². The first-order valence-electron chi connectivity index (χ1n) is 9.92. The van der Waals surface area contributed by atoms with Gasteiger partial charge in [0.2, 0.25) is 0 Å². The molecule has 5 nitrogen and oxygen atoms in total. The van der Waals surface area contributed by atoms with Gasteiger partial charge in [0.15, 0.2) is 11.0 Å². The molecule has 0 radical (unpaired) electrons. The van der Waals surface area contributed by atoms with E-state index in [0.29, 0.717) is 27.3 Å². The Morgan fingerprint density at radius 1 is 1.00 bits per heavy atom. The number of halogens is 2. The monoisotopic (exact) mass is 466 g/mol. The van der Waals surface area contributed by atoms with Gasteiger partial charge in [-0.3, -0.25) is 9.36 Å². The van der Waals surface area contributed by atoms with Gasteiger partial charge >= 0.3 is 0 Å². The number of nitrogens with one attached hydrogen (secondary N) is 1. The minimum Gasteiger partial charge on any atom is -0.345 e. The van der Waals surface area contributed by atoms with Crippen LogP contribution in [0.5, 0.6) is 0 Å². The summed E-state index contributed by atoms with van der Waals surface area (Å²) in [7, 11) is 0. The number of rotatable bonds is 7. The first kappa shape index (κ1) is 22.0. The maximum atomic E-state index is 13.2. The third-order valence-corrected chi connectivity index (χ3v) is 6.04. The van der Waals surface area contributed by atoms with Gasteiger partial charge < -0.3 is 5.32 Å². The summed E-state index contributed by atoms with van der Waals surface area (Å²) in [6.45, 7) is 2.23. The highest BCUT2D eigenvalue weighted by molar-refractivity contribution is 7.98. The molecule has 0 unspecified atom stereocenters. The third kappa shape index (κ3) is 5.36. The lowest BCUT2D eigenvalue weighted by Gasteiger charge is -2.11. The van der Waals surface area contributed by atoms with Crippen LogP contribution in [0.4, 0.5) is 4.39 Å². The van der Waals surface area contributed by atoms with Crippen molar-refractivity contribution in [3.8, 4) is 5.69 Å². The van der Waals surface area contributed by atoms with Gasteiger partial charge in [0.05, 0.1) is 6.54 Å². The Kier molecular flexibility index (Phi) is 6.87. The largest absolute Gasteiger partial charge is 0.345 e. The number of aromatic nitrogens is 3. The first-order chi connectivity index (χ1) is 15.5. The van der Waals surface area contributed by atoms with Crippen LogP contribution in [0.2, 0.25) is 5.02 Å². The predicted octanol–water partition coefficient (Wildman–Crippen LogP) is 5.59. The Morgan fingerprint density at radius 2 is 1.69 bits per heavy atom. The molecular weight excluding hydrogens is 447 g/mol. The molecule has 32 heavy (non-hydrogen) atoms. The van der Waals surface area contributed by atoms with Crippen LogP contribution in [0.15, 0.2) is 78.0 Å². The Balaban J connectivity index is 1.55. The van der Waals surface area contributed by atoms with E-state index >= 15 is 0 Å². The fourth-order valence-electron chi connectivity index (χ4n) is 3.05. The van der Waals surface area contributed by atoms with Crippen LogP contribution in [0.1, 0.15) is 27.3 Å². The van der Waals surface area contributed by atoms with Gasteiger partial charge in [-0.05, 0) is 61.0 Å². The minimum absolute atomic E-state index is 0.208. The van der Waals surface area contributed by atoms with Crippen LogP contribution in [0.25, 0.3) is 5.69 Å². The Bertz CT molecular complexity index is 1210. The molecule has 1 N–H and O–H groups in total. The van der Waals surface area contributed by atoms with E-state index in [2.05, 4.69) is 15.5 Å². The number of aryl methyl sites for hydroxylation is 1. The molecule has 0 bridgehead atoms. The maximum Gasteiger partial charge on any atom is 0.251 e. The molecule has 0 fully saturated rings. The molecule has 4 aromatic rings. The molecule has 0 atom stereocenters. The number of carbonyl (C=O) groups excluding carboxylic acids is 1. The number of hydrogen-bond donors (Lipinski definition) is 1. The average molecular weight is 467 g/mol. The number of benzene rings is 3. The van der Waals surface area contributed by atoms with Crippen LogP contribution in [-0.4, -0.2) is 20.7 Å². The highest BCUT2D eigenvalue weighted by atomic mass is 35.5. The zero-order valence-corrected chi connectivity index (χ0v) is 18.8. The zero-order valence-electron chi connectivity index (χ0n) is 17.3. The van der Waals surface area contributed by atoms with Crippen LogP contribution in [0.3, 0.4) is 0 Å². The second-order valence-electron chi connectivity index (χ2n) is 7.17. The molecule has 0 aliphatic carbocycles. The molecule has 0 saturated heterocycles. The molecule has 1 heterocycles. The molecule has 4 rings (SSSR count). The SMILES string of the molecule is Cc1ccc(-n2c(CNC(=O)c3ccc(Cl)cc3)nnc2SCc2ccc(F)cc2)cc1. The van der Waals surface area contributed by atoms with Crippen molar-refractivity contribution in [1.29, 1.82) is 0 Å². The summed E-state index contributed by atoms with van der Waals surface area (Å²) in [6.07, 6.45) is 0. The van der Waals surface area contributed by atoms with Gasteiger partial charge in [-0.2, -0.15) is 0 Å². The second kappa shape index (κ2) is 9.97. The van der Waals surface area contributed by atoms with Crippen molar-refractivity contribution in [2.45, 2.75) is 24.4 Å². The van der Waals surface area contributed by atoms with E-state index < -0.39 is 0 Å². The first-order valence-corrected chi connectivity index (χ1v) is 11.3. The van der Waals surface area contributed by atoms with Crippen LogP contribution < -0.4 is 5.32 Å². The minimum atomic E-state index is -0.264. The molecule has 3 aromatic carbocycles. The van der Waals surface area contributed by atoms with Gasteiger partial charge in [0.25, 0.3) is 5.91 Å². The van der Waals surface area contributed by atoms with Crippen molar-refractivity contribution in [2.75, 3.05) is 0 Å². The molecule has 1 aromatic heterocycles. The number of thioether (sulfide) groups is 1. The summed E-state index contributed by atoms with van der Waals surface area (Å²) >= 11 is 7.40. The molecule has 162 valence electrons. The summed E-state index contributed by atoms with van der Waals surface area (Å²) in [6, 6.07) is 21.1. The number of amides is 1. The highest BCUT2D eigenvalue weighted by Gasteiger charge is 2.16. The van der Waals surface area contributed by atoms with Gasteiger partial charge in [0, 0.05) is 22.0 Å². The van der Waals surface area contributed by atoms with E-state index in [-0.39, 0.29) is 18.3 Å². The average Bonchev–Trinajstić information content (AvgIpc) is 3.21. The zero-order chi connectivity index (χ0) is 22.5. The summed E-state index contributed by atoms with van der Waals surface area (Å²) in [4.78, 5) is 12.5. The lowest BCUT2D eigenvalue weighted by atomic mass is 10.2. The van der Waals surface area contributed by atoms with E-state index in [9.17, 15) is 9.18 Å². The summed E-state index contributed by atoms with van der Waals surface area (Å²) in [5.74, 6) is 0.736. The molecule has 0 spiro atoms. The fraction of sp³-hybridized carbons (Fsp3) is 0.125. The number of hydrogen-bond acceptors (Lipinski definition) is 4. The summed E-state index contributed by atoms with van der Waals surface area (Å²) in [5, 5.41) is 12.8. The molecule has 8 heteroatoms. The van der Waals surface area contributed by atoms with Gasteiger partial charge in [0.1, 0.15) is 5.82 Å². The van der Waals surface area contributed by atoms with Crippen molar-refractivity contribution >= 4 is 29.3 Å². The number of carbonyl (C=O) groups is 1. The molecule has 0 aliphatic heterocycles. The Morgan fingerprint density at radius 3 is 2.38 bits per heavy atom. The second-order valence-corrected chi connectivity index (χ2v) is 8.55. The molecule has 0 saturated carbocycles. The molecule has 0 aliphatic rings. The van der Waals surface area contributed by atoms with Crippen molar-refractivity contribution in [3.63, 3.8) is 0 Å². The lowest BCUT2D eigenvalue weighted by Crippen LogP contribution is -2.24. The van der Waals surface area contributed by atoms with Gasteiger partial charge in [-0.1, -0.05) is 53.2 Å². The van der Waals surface area contributed by atoms with Crippen LogP contribution in [0, 0.1) is 12.7 Å². The maximum absolute atomic E-state index is 13.2. The van der Waals surface area contributed by atoms with E-state index in [0.717, 1.165) is 16.8 Å². The summed E-state index contributed by atoms with van der Waals surface area (Å²) < 4.78 is 15.1. The smallest absolute Gasteiger partial charge is 0.251 e. The standard InChI is InChI=1S/C24H20ClFN4OS/c1-16-2-12-21(13-3-16)30-22(14-27-23(31)18-6-8-19(25)9-7-18)28-29-24(30)32-15-17-4-10-20(26)11-5-17/h2-13H,14-15H2,1H3,(H,27,31). The Hall–Kier alpha value is -3.16. The topological polar surface area (TPSA) is 59.8 Å². The summed E-state index contributed by atoms with van der Waals surface area (Å²) in [5.41, 5.74) is 3.53. The van der Waals surface area contributed by atoms with Crippen molar-refractivity contribution in [3.05, 3.63) is 106 Å². The molecule has 1 amide bonds. The highest BCUT2D eigenvalue weighted by Crippen LogP contribution is 2.26.